The summed E-state index contributed by atoms with van der Waals surface area (Å²) in [6, 6.07) is 7.57. The molecule has 1 saturated heterocycles. The monoisotopic (exact) mass is 351 g/mol. The Bertz CT molecular complexity index is 615. The number of aliphatic carboxylic acids is 1. The first-order chi connectivity index (χ1) is 10.1. The number of rotatable bonds is 4. The molecule has 6 heteroatoms. The molecule has 4 atom stereocenters. The van der Waals surface area contributed by atoms with Gasteiger partial charge in [-0.2, -0.15) is 0 Å². The molecule has 2 heterocycles. The number of carbonyl (C=O) groups is 2. The summed E-state index contributed by atoms with van der Waals surface area (Å²) in [5.41, 5.74) is 0.942. The number of carboxylic acids is 1. The third-order valence-corrected chi connectivity index (χ3v) is 4.67. The van der Waals surface area contributed by atoms with Gasteiger partial charge in [-0.25, -0.2) is 0 Å². The van der Waals surface area contributed by atoms with Crippen LogP contribution in [0.2, 0.25) is 0 Å². The topological polar surface area (TPSA) is 75.6 Å². The van der Waals surface area contributed by atoms with E-state index in [-0.39, 0.29) is 5.91 Å². The minimum absolute atomic E-state index is 0.282. The highest BCUT2D eigenvalue weighted by Crippen LogP contribution is 2.39. The fourth-order valence-corrected chi connectivity index (χ4v) is 3.28. The Balaban J connectivity index is 1.69. The lowest BCUT2D eigenvalue weighted by atomic mass is 9.82. The fraction of sp³-hybridized carbons (Fsp3) is 0.333. The van der Waals surface area contributed by atoms with Gasteiger partial charge in [-0.3, -0.25) is 9.59 Å². The summed E-state index contributed by atoms with van der Waals surface area (Å²) in [7, 11) is 0. The van der Waals surface area contributed by atoms with Gasteiger partial charge >= 0.3 is 5.97 Å². The number of hydrogen-bond acceptors (Lipinski definition) is 3. The number of carbonyl (C=O) groups excluding carboxylic acids is 1. The van der Waals surface area contributed by atoms with Crippen LogP contribution in [0.5, 0.6) is 0 Å². The third kappa shape index (κ3) is 2.61. The van der Waals surface area contributed by atoms with E-state index in [9.17, 15) is 14.7 Å². The molecule has 3 rings (SSSR count). The minimum atomic E-state index is -0.993. The van der Waals surface area contributed by atoms with Gasteiger partial charge in [-0.15, -0.1) is 0 Å². The van der Waals surface area contributed by atoms with Crippen LogP contribution in [0.25, 0.3) is 0 Å². The molecular weight excluding hydrogens is 338 g/mol. The molecule has 1 aromatic rings. The van der Waals surface area contributed by atoms with E-state index < -0.39 is 30.0 Å². The largest absolute Gasteiger partial charge is 0.481 e. The standard InChI is InChI=1S/C15H14BrNO4/c16-9-4-2-1-3-8(9)7-17-14(18)12-10-5-6-11(21-10)13(12)15(19)20/h1-6,10-13H,7H2,(H,17,18)(H,19,20)/t10-,11-,12+,13+/m1/s1. The maximum Gasteiger partial charge on any atom is 0.310 e. The molecule has 0 unspecified atom stereocenters. The molecule has 5 nitrogen and oxygen atoms in total. The van der Waals surface area contributed by atoms with Crippen LogP contribution in [0.4, 0.5) is 0 Å². The maximum absolute atomic E-state index is 12.3. The predicted octanol–water partition coefficient (Wildman–Crippen LogP) is 1.72. The van der Waals surface area contributed by atoms with Crippen molar-refractivity contribution in [2.24, 2.45) is 11.8 Å². The number of ether oxygens (including phenoxy) is 1. The number of fused-ring (bicyclic) bond motifs is 2. The zero-order valence-electron chi connectivity index (χ0n) is 11.0. The van der Waals surface area contributed by atoms with Crippen molar-refractivity contribution in [3.8, 4) is 0 Å². The van der Waals surface area contributed by atoms with Gasteiger partial charge in [0.05, 0.1) is 18.1 Å². The Kier molecular flexibility index (Phi) is 3.82. The van der Waals surface area contributed by atoms with Crippen LogP contribution in [0.15, 0.2) is 40.9 Å². The molecule has 1 aromatic carbocycles. The number of hydrogen-bond donors (Lipinski definition) is 2. The molecule has 1 fully saturated rings. The van der Waals surface area contributed by atoms with Gasteiger partial charge in [0.2, 0.25) is 5.91 Å². The molecule has 2 aliphatic rings. The Morgan fingerprint density at radius 2 is 1.86 bits per heavy atom. The van der Waals surface area contributed by atoms with Gasteiger partial charge in [0.15, 0.2) is 0 Å². The van der Waals surface area contributed by atoms with Crippen LogP contribution < -0.4 is 5.32 Å². The Labute approximate surface area is 130 Å². The van der Waals surface area contributed by atoms with Crippen molar-refractivity contribution in [2.75, 3.05) is 0 Å². The van der Waals surface area contributed by atoms with Crippen molar-refractivity contribution in [2.45, 2.75) is 18.8 Å². The molecule has 0 radical (unpaired) electrons. The maximum atomic E-state index is 12.3. The molecule has 1 amide bonds. The number of amides is 1. The van der Waals surface area contributed by atoms with Gasteiger partial charge in [0, 0.05) is 11.0 Å². The van der Waals surface area contributed by atoms with Crippen LogP contribution in [0, 0.1) is 11.8 Å². The first-order valence-corrected chi connectivity index (χ1v) is 7.45. The van der Waals surface area contributed by atoms with E-state index in [1.54, 1.807) is 12.2 Å². The van der Waals surface area contributed by atoms with Crippen LogP contribution in [0.1, 0.15) is 5.56 Å². The Hall–Kier alpha value is -1.66. The van der Waals surface area contributed by atoms with E-state index in [4.69, 9.17) is 4.74 Å². The zero-order chi connectivity index (χ0) is 15.0. The first kappa shape index (κ1) is 14.3. The summed E-state index contributed by atoms with van der Waals surface area (Å²) >= 11 is 3.42. The lowest BCUT2D eigenvalue weighted by Crippen LogP contribution is -2.42. The average molecular weight is 352 g/mol. The molecule has 0 aromatic heterocycles. The summed E-state index contributed by atoms with van der Waals surface area (Å²) in [6.07, 6.45) is 2.57. The number of carboxylic acid groups (broad SMARTS) is 1. The van der Waals surface area contributed by atoms with Crippen molar-refractivity contribution >= 4 is 27.8 Å². The van der Waals surface area contributed by atoms with Crippen molar-refractivity contribution < 1.29 is 19.4 Å². The van der Waals surface area contributed by atoms with E-state index in [2.05, 4.69) is 21.2 Å². The highest BCUT2D eigenvalue weighted by atomic mass is 79.9. The SMILES string of the molecule is O=C(O)[C@@H]1[C@@H](C(=O)NCc2ccccc2Br)[C@H]2C=C[C@H]1O2. The molecule has 21 heavy (non-hydrogen) atoms. The van der Waals surface area contributed by atoms with E-state index >= 15 is 0 Å². The molecule has 2 bridgehead atoms. The van der Waals surface area contributed by atoms with Gasteiger partial charge in [-0.05, 0) is 11.6 Å². The second-order valence-electron chi connectivity index (χ2n) is 5.15. The summed E-state index contributed by atoms with van der Waals surface area (Å²) in [5.74, 6) is -2.75. The van der Waals surface area contributed by atoms with E-state index in [0.29, 0.717) is 6.54 Å². The molecule has 2 N–H and O–H groups in total. The highest BCUT2D eigenvalue weighted by Gasteiger charge is 2.53. The summed E-state index contributed by atoms with van der Waals surface area (Å²) < 4.78 is 6.40. The second-order valence-corrected chi connectivity index (χ2v) is 6.00. The van der Waals surface area contributed by atoms with Gasteiger partial charge < -0.3 is 15.2 Å². The molecule has 2 aliphatic heterocycles. The first-order valence-electron chi connectivity index (χ1n) is 6.65. The van der Waals surface area contributed by atoms with Crippen molar-refractivity contribution in [3.05, 3.63) is 46.5 Å². The van der Waals surface area contributed by atoms with Crippen LogP contribution >= 0.6 is 15.9 Å². The number of nitrogens with one attached hydrogen (secondary N) is 1. The average Bonchev–Trinajstić information content (AvgIpc) is 3.06. The van der Waals surface area contributed by atoms with E-state index in [0.717, 1.165) is 10.0 Å². The molecule has 0 aliphatic carbocycles. The molecule has 0 saturated carbocycles. The van der Waals surface area contributed by atoms with Gasteiger partial charge in [0.25, 0.3) is 0 Å². The lowest BCUT2D eigenvalue weighted by molar-refractivity contribution is -0.146. The number of benzene rings is 1. The third-order valence-electron chi connectivity index (χ3n) is 3.90. The molecule has 110 valence electrons. The zero-order valence-corrected chi connectivity index (χ0v) is 12.6. The number of halogens is 1. The quantitative estimate of drug-likeness (QED) is 0.810. The van der Waals surface area contributed by atoms with E-state index in [1.165, 1.54) is 0 Å². The van der Waals surface area contributed by atoms with Gasteiger partial charge in [-0.1, -0.05) is 46.3 Å². The van der Waals surface area contributed by atoms with Gasteiger partial charge in [0.1, 0.15) is 5.92 Å². The van der Waals surface area contributed by atoms with Crippen molar-refractivity contribution in [3.63, 3.8) is 0 Å². The predicted molar refractivity (Wildman–Crippen MR) is 78.4 cm³/mol. The van der Waals surface area contributed by atoms with Crippen molar-refractivity contribution in [1.82, 2.24) is 5.32 Å². The van der Waals surface area contributed by atoms with E-state index in [1.807, 2.05) is 24.3 Å². The molecule has 0 spiro atoms. The normalized spacial score (nSPS) is 29.6. The minimum Gasteiger partial charge on any atom is -0.481 e. The Morgan fingerprint density at radius 3 is 2.52 bits per heavy atom. The highest BCUT2D eigenvalue weighted by molar-refractivity contribution is 9.10. The van der Waals surface area contributed by atoms with Crippen LogP contribution in [-0.4, -0.2) is 29.2 Å². The summed E-state index contributed by atoms with van der Waals surface area (Å²) in [4.78, 5) is 23.7. The van der Waals surface area contributed by atoms with Crippen LogP contribution in [-0.2, 0) is 20.9 Å². The summed E-state index contributed by atoms with van der Waals surface area (Å²) in [6.45, 7) is 0.351. The summed E-state index contributed by atoms with van der Waals surface area (Å²) in [5, 5.41) is 12.1. The van der Waals surface area contributed by atoms with Crippen LogP contribution in [0.3, 0.4) is 0 Å². The Morgan fingerprint density at radius 1 is 1.19 bits per heavy atom. The second kappa shape index (κ2) is 5.61. The fourth-order valence-electron chi connectivity index (χ4n) is 2.86. The lowest BCUT2D eigenvalue weighted by Gasteiger charge is -2.21. The molecular formula is C15H14BrNO4. The smallest absolute Gasteiger partial charge is 0.310 e. The van der Waals surface area contributed by atoms with Crippen molar-refractivity contribution in [1.29, 1.82) is 0 Å².